The average Bonchev–Trinajstić information content (AvgIpc) is 2.56. The number of rotatable bonds is 7. The number of nitrogens with zero attached hydrogens (tertiary/aromatic N) is 2. The summed E-state index contributed by atoms with van der Waals surface area (Å²) in [6, 6.07) is 0.851. The first kappa shape index (κ1) is 18.4. The van der Waals surface area contributed by atoms with Crippen molar-refractivity contribution in [3.63, 3.8) is 0 Å². The Bertz CT molecular complexity index is 336. The van der Waals surface area contributed by atoms with Gasteiger partial charge in [0.25, 0.3) is 0 Å². The lowest BCUT2D eigenvalue weighted by molar-refractivity contribution is -0.124. The number of hydrogen-bond donors (Lipinski definition) is 2. The summed E-state index contributed by atoms with van der Waals surface area (Å²) in [6.07, 6.45) is 2.94. The smallest absolute Gasteiger partial charge is 0.237 e. The van der Waals surface area contributed by atoms with E-state index in [-0.39, 0.29) is 5.91 Å². The van der Waals surface area contributed by atoms with Gasteiger partial charge in [-0.25, -0.2) is 0 Å². The van der Waals surface area contributed by atoms with Crippen molar-refractivity contribution in [1.82, 2.24) is 15.1 Å². The number of likely N-dealkylation sites (N-methyl/N-ethyl adjacent to an activating group) is 1. The maximum Gasteiger partial charge on any atom is 0.237 e. The summed E-state index contributed by atoms with van der Waals surface area (Å²) in [6.45, 7) is 12.7. The van der Waals surface area contributed by atoms with Crippen molar-refractivity contribution in [3.05, 3.63) is 0 Å². The molecule has 1 saturated heterocycles. The molecule has 0 aromatic rings. The van der Waals surface area contributed by atoms with E-state index in [1.54, 1.807) is 0 Å². The van der Waals surface area contributed by atoms with Crippen LogP contribution in [0.3, 0.4) is 0 Å². The Morgan fingerprint density at radius 1 is 1.48 bits per heavy atom. The minimum atomic E-state index is -0.618. The van der Waals surface area contributed by atoms with Crippen molar-refractivity contribution in [1.29, 1.82) is 0 Å². The summed E-state index contributed by atoms with van der Waals surface area (Å²) in [5.41, 5.74) is 5.03. The topological polar surface area (TPSA) is 61.6 Å². The zero-order valence-electron chi connectivity index (χ0n) is 14.5. The molecular weight excluding hydrogens is 264 g/mol. The maximum absolute atomic E-state index is 11.9. The molecule has 1 fully saturated rings. The Kier molecular flexibility index (Phi) is 7.10. The highest BCUT2D eigenvalue weighted by Gasteiger charge is 2.35. The number of carbonyl (C=O) groups is 1. The lowest BCUT2D eigenvalue weighted by Crippen LogP contribution is -2.57. The average molecular weight is 298 g/mol. The number of nitrogens with one attached hydrogen (secondary N) is 1. The zero-order chi connectivity index (χ0) is 16.0. The molecule has 0 aromatic heterocycles. The van der Waals surface area contributed by atoms with Crippen LogP contribution in [-0.2, 0) is 4.79 Å². The summed E-state index contributed by atoms with van der Waals surface area (Å²) >= 11 is 0. The number of carbonyl (C=O) groups excluding carboxylic acids is 1. The van der Waals surface area contributed by atoms with E-state index < -0.39 is 5.54 Å². The van der Waals surface area contributed by atoms with Crippen LogP contribution in [0.25, 0.3) is 0 Å². The minimum Gasteiger partial charge on any atom is -0.368 e. The fourth-order valence-corrected chi connectivity index (χ4v) is 3.41. The molecule has 3 N–H and O–H groups in total. The Labute approximate surface area is 130 Å². The van der Waals surface area contributed by atoms with Crippen LogP contribution < -0.4 is 11.1 Å². The van der Waals surface area contributed by atoms with Gasteiger partial charge in [-0.1, -0.05) is 6.92 Å². The van der Waals surface area contributed by atoms with Gasteiger partial charge in [0.15, 0.2) is 0 Å². The highest BCUT2D eigenvalue weighted by molar-refractivity contribution is 5.84. The zero-order valence-corrected chi connectivity index (χ0v) is 14.5. The third-order valence-corrected chi connectivity index (χ3v) is 4.68. The van der Waals surface area contributed by atoms with E-state index >= 15 is 0 Å². The fraction of sp³-hybridized carbons (Fsp3) is 0.938. The predicted octanol–water partition coefficient (Wildman–Crippen LogP) is 1.03. The fourth-order valence-electron chi connectivity index (χ4n) is 3.41. The van der Waals surface area contributed by atoms with E-state index in [4.69, 9.17) is 5.73 Å². The number of nitrogens with two attached hydrogens (primary N) is 1. The van der Waals surface area contributed by atoms with Crippen LogP contribution in [0.15, 0.2) is 0 Å². The van der Waals surface area contributed by atoms with Crippen LogP contribution in [0.2, 0.25) is 0 Å². The molecule has 0 saturated carbocycles. The SMILES string of the molecule is CCCNC(C)(CC(C)N1CCCN(C)CC1C)C(N)=O. The molecule has 0 bridgehead atoms. The summed E-state index contributed by atoms with van der Waals surface area (Å²) in [5.74, 6) is -0.248. The van der Waals surface area contributed by atoms with Crippen molar-refractivity contribution in [3.8, 4) is 0 Å². The summed E-state index contributed by atoms with van der Waals surface area (Å²) in [7, 11) is 2.18. The molecule has 1 aliphatic rings. The van der Waals surface area contributed by atoms with Gasteiger partial charge in [0.2, 0.25) is 5.91 Å². The molecule has 5 heteroatoms. The molecule has 3 unspecified atom stereocenters. The molecule has 0 aromatic carbocycles. The van der Waals surface area contributed by atoms with Gasteiger partial charge >= 0.3 is 0 Å². The second kappa shape index (κ2) is 8.11. The highest BCUT2D eigenvalue weighted by Crippen LogP contribution is 2.20. The van der Waals surface area contributed by atoms with Gasteiger partial charge in [0, 0.05) is 18.6 Å². The monoisotopic (exact) mass is 298 g/mol. The minimum absolute atomic E-state index is 0.248. The van der Waals surface area contributed by atoms with Crippen LogP contribution in [0.1, 0.15) is 47.0 Å². The molecule has 124 valence electrons. The molecule has 0 radical (unpaired) electrons. The van der Waals surface area contributed by atoms with Crippen molar-refractivity contribution in [2.24, 2.45) is 5.73 Å². The molecule has 1 rings (SSSR count). The first-order valence-electron chi connectivity index (χ1n) is 8.29. The molecule has 3 atom stereocenters. The molecule has 0 aliphatic carbocycles. The molecule has 21 heavy (non-hydrogen) atoms. The first-order chi connectivity index (χ1) is 9.80. The number of primary amides is 1. The number of amides is 1. The van der Waals surface area contributed by atoms with Gasteiger partial charge in [0.1, 0.15) is 0 Å². The van der Waals surface area contributed by atoms with Crippen LogP contribution in [-0.4, -0.2) is 66.6 Å². The molecule has 1 heterocycles. The highest BCUT2D eigenvalue weighted by atomic mass is 16.1. The van der Waals surface area contributed by atoms with Crippen molar-refractivity contribution in [2.75, 3.05) is 33.2 Å². The van der Waals surface area contributed by atoms with Gasteiger partial charge in [-0.2, -0.15) is 0 Å². The Hall–Kier alpha value is -0.650. The van der Waals surface area contributed by atoms with Gasteiger partial charge in [0.05, 0.1) is 5.54 Å². The lowest BCUT2D eigenvalue weighted by atomic mass is 9.91. The van der Waals surface area contributed by atoms with Gasteiger partial charge in [-0.05, 0) is 66.7 Å². The van der Waals surface area contributed by atoms with Crippen LogP contribution >= 0.6 is 0 Å². The Balaban J connectivity index is 2.71. The molecule has 1 aliphatic heterocycles. The van der Waals surface area contributed by atoms with Crippen LogP contribution in [0, 0.1) is 0 Å². The van der Waals surface area contributed by atoms with Gasteiger partial charge in [-0.3, -0.25) is 9.69 Å². The van der Waals surface area contributed by atoms with Crippen LogP contribution in [0.4, 0.5) is 0 Å². The van der Waals surface area contributed by atoms with E-state index in [1.165, 1.54) is 6.42 Å². The predicted molar refractivity (Wildman–Crippen MR) is 88.3 cm³/mol. The van der Waals surface area contributed by atoms with E-state index in [2.05, 4.69) is 42.9 Å². The number of hydrogen-bond acceptors (Lipinski definition) is 4. The second-order valence-electron chi connectivity index (χ2n) is 6.88. The standard InChI is InChI=1S/C16H34N4O/c1-6-8-18-16(4,15(17)21)11-13(2)20-10-7-9-19(5)12-14(20)3/h13-14,18H,6-12H2,1-5H3,(H2,17,21). The normalized spacial score (nSPS) is 26.0. The Morgan fingerprint density at radius 2 is 2.14 bits per heavy atom. The molecule has 5 nitrogen and oxygen atoms in total. The van der Waals surface area contributed by atoms with Crippen molar-refractivity contribution >= 4 is 5.91 Å². The van der Waals surface area contributed by atoms with Crippen molar-refractivity contribution < 1.29 is 4.79 Å². The lowest BCUT2D eigenvalue weighted by Gasteiger charge is -2.38. The summed E-state index contributed by atoms with van der Waals surface area (Å²) < 4.78 is 0. The third-order valence-electron chi connectivity index (χ3n) is 4.68. The van der Waals surface area contributed by atoms with Crippen molar-refractivity contribution in [2.45, 2.75) is 64.6 Å². The van der Waals surface area contributed by atoms with E-state index in [0.717, 1.165) is 39.0 Å². The first-order valence-corrected chi connectivity index (χ1v) is 8.29. The maximum atomic E-state index is 11.9. The second-order valence-corrected chi connectivity index (χ2v) is 6.88. The van der Waals surface area contributed by atoms with E-state index in [9.17, 15) is 4.79 Å². The van der Waals surface area contributed by atoms with Crippen LogP contribution in [0.5, 0.6) is 0 Å². The van der Waals surface area contributed by atoms with E-state index in [1.807, 2.05) is 6.92 Å². The van der Waals surface area contributed by atoms with E-state index in [0.29, 0.717) is 12.1 Å². The largest absolute Gasteiger partial charge is 0.368 e. The third kappa shape index (κ3) is 5.24. The van der Waals surface area contributed by atoms with Gasteiger partial charge in [-0.15, -0.1) is 0 Å². The summed E-state index contributed by atoms with van der Waals surface area (Å²) in [4.78, 5) is 16.8. The Morgan fingerprint density at radius 3 is 2.71 bits per heavy atom. The quantitative estimate of drug-likeness (QED) is 0.737. The molecular formula is C16H34N4O. The summed E-state index contributed by atoms with van der Waals surface area (Å²) in [5, 5.41) is 3.34. The molecule has 1 amide bonds. The molecule has 0 spiro atoms. The van der Waals surface area contributed by atoms with Gasteiger partial charge < -0.3 is 16.0 Å².